The number of hydrogen-bond donors (Lipinski definition) is 0. The molecule has 1 aromatic rings. The minimum absolute atomic E-state index is 0.103. The van der Waals surface area contributed by atoms with E-state index in [-0.39, 0.29) is 23.7 Å². The van der Waals surface area contributed by atoms with Gasteiger partial charge in [-0.15, -0.1) is 0 Å². The second-order valence-corrected chi connectivity index (χ2v) is 5.48. The maximum Gasteiger partial charge on any atom is 0.237 e. The maximum absolute atomic E-state index is 12.4. The Bertz CT molecular complexity index is 585. The van der Waals surface area contributed by atoms with Crippen LogP contribution in [0, 0.1) is 11.8 Å². The Morgan fingerprint density at radius 2 is 1.81 bits per heavy atom. The molecule has 1 aromatic heterocycles. The van der Waals surface area contributed by atoms with Crippen molar-refractivity contribution >= 4 is 11.8 Å². The van der Waals surface area contributed by atoms with E-state index in [0.29, 0.717) is 6.54 Å². The highest BCUT2D eigenvalue weighted by Crippen LogP contribution is 2.31. The van der Waals surface area contributed by atoms with Crippen LogP contribution >= 0.6 is 0 Å². The number of likely N-dealkylation sites (tertiary alicyclic amines) is 1. The van der Waals surface area contributed by atoms with Gasteiger partial charge in [0.15, 0.2) is 0 Å². The van der Waals surface area contributed by atoms with Crippen LogP contribution in [-0.2, 0) is 22.7 Å². The number of allylic oxidation sites excluding steroid dienone is 2. The quantitative estimate of drug-likeness (QED) is 0.777. The van der Waals surface area contributed by atoms with Gasteiger partial charge in [-0.2, -0.15) is 5.10 Å². The molecule has 0 aromatic carbocycles. The Balaban J connectivity index is 1.78. The fourth-order valence-corrected chi connectivity index (χ4v) is 2.87. The lowest BCUT2D eigenvalue weighted by atomic mass is 9.91. The van der Waals surface area contributed by atoms with Gasteiger partial charge >= 0.3 is 0 Å². The average molecular weight is 285 g/mol. The summed E-state index contributed by atoms with van der Waals surface area (Å²) >= 11 is 0. The van der Waals surface area contributed by atoms with Gasteiger partial charge in [-0.1, -0.05) is 37.6 Å². The zero-order valence-corrected chi connectivity index (χ0v) is 12.1. The van der Waals surface area contributed by atoms with Gasteiger partial charge in [-0.05, 0) is 12.5 Å². The van der Waals surface area contributed by atoms with Crippen molar-refractivity contribution in [3.63, 3.8) is 0 Å². The summed E-state index contributed by atoms with van der Waals surface area (Å²) in [6.45, 7) is 3.26. The van der Waals surface area contributed by atoms with Gasteiger partial charge in [0.25, 0.3) is 0 Å². The molecule has 1 aliphatic carbocycles. The van der Waals surface area contributed by atoms with Gasteiger partial charge in [0.1, 0.15) is 0 Å². The van der Waals surface area contributed by atoms with E-state index in [1.54, 1.807) is 6.20 Å². The molecule has 21 heavy (non-hydrogen) atoms. The molecule has 1 saturated heterocycles. The van der Waals surface area contributed by atoms with E-state index in [4.69, 9.17) is 0 Å². The highest BCUT2D eigenvalue weighted by Gasteiger charge is 2.45. The zero-order chi connectivity index (χ0) is 14.8. The van der Waals surface area contributed by atoms with E-state index in [0.717, 1.165) is 25.1 Å². The molecule has 0 saturated carbocycles. The maximum atomic E-state index is 12.4. The summed E-state index contributed by atoms with van der Waals surface area (Å²) in [4.78, 5) is 26.2. The van der Waals surface area contributed by atoms with Crippen molar-refractivity contribution in [3.8, 4) is 0 Å². The lowest BCUT2D eigenvalue weighted by Crippen LogP contribution is -2.31. The van der Waals surface area contributed by atoms with Crippen LogP contribution in [0.25, 0.3) is 0 Å². The first-order chi connectivity index (χ1) is 10.2. The van der Waals surface area contributed by atoms with Crippen LogP contribution in [0.15, 0.2) is 36.6 Å². The van der Waals surface area contributed by atoms with Crippen LogP contribution in [-0.4, -0.2) is 26.5 Å². The molecule has 5 nitrogen and oxygen atoms in total. The van der Waals surface area contributed by atoms with Crippen LogP contribution in [0.3, 0.4) is 0 Å². The molecular formula is C16H19N3O2. The number of carbonyl (C=O) groups is 2. The van der Waals surface area contributed by atoms with Gasteiger partial charge in [0.05, 0.1) is 24.1 Å². The van der Waals surface area contributed by atoms with Crippen molar-refractivity contribution < 1.29 is 9.59 Å². The van der Waals surface area contributed by atoms with Crippen molar-refractivity contribution in [3.05, 3.63) is 42.3 Å². The number of imide groups is 1. The second-order valence-electron chi connectivity index (χ2n) is 5.48. The van der Waals surface area contributed by atoms with Gasteiger partial charge in [-0.3, -0.25) is 19.2 Å². The third kappa shape index (κ3) is 2.44. The Labute approximate surface area is 123 Å². The molecule has 2 aliphatic rings. The molecule has 3 rings (SSSR count). The van der Waals surface area contributed by atoms with Gasteiger partial charge in [0.2, 0.25) is 11.8 Å². The van der Waals surface area contributed by atoms with E-state index < -0.39 is 0 Å². The van der Waals surface area contributed by atoms with E-state index in [9.17, 15) is 9.59 Å². The molecule has 0 spiro atoms. The number of rotatable bonds is 5. The number of nitrogens with zero attached hydrogens (tertiary/aromatic N) is 3. The Morgan fingerprint density at radius 1 is 1.14 bits per heavy atom. The molecule has 1 aliphatic heterocycles. The molecule has 2 amide bonds. The van der Waals surface area contributed by atoms with E-state index in [2.05, 4.69) is 12.0 Å². The Hall–Kier alpha value is -2.17. The lowest BCUT2D eigenvalue weighted by Gasteiger charge is -2.15. The molecule has 5 heteroatoms. The van der Waals surface area contributed by atoms with Crippen LogP contribution in [0.4, 0.5) is 0 Å². The normalized spacial score (nSPS) is 24.0. The van der Waals surface area contributed by atoms with Gasteiger partial charge in [-0.25, -0.2) is 0 Å². The number of aryl methyl sites for hydroxylation is 1. The number of unbranched alkanes of at least 4 members (excludes halogenated alkanes) is 1. The van der Waals surface area contributed by atoms with Crippen LogP contribution in [0.1, 0.15) is 25.5 Å². The van der Waals surface area contributed by atoms with Crippen molar-refractivity contribution in [1.29, 1.82) is 0 Å². The third-order valence-electron chi connectivity index (χ3n) is 4.09. The van der Waals surface area contributed by atoms with Gasteiger partial charge < -0.3 is 0 Å². The molecule has 2 heterocycles. The SMILES string of the molecule is CCCCn1nccc1CN1C(=O)C2C=CC=CC2C1=O. The topological polar surface area (TPSA) is 55.2 Å². The van der Waals surface area contributed by atoms with E-state index >= 15 is 0 Å². The summed E-state index contributed by atoms with van der Waals surface area (Å²) in [6, 6.07) is 1.88. The van der Waals surface area contributed by atoms with E-state index in [1.807, 2.05) is 35.1 Å². The summed E-state index contributed by atoms with van der Waals surface area (Å²) in [5, 5.41) is 4.28. The zero-order valence-electron chi connectivity index (χ0n) is 12.1. The predicted molar refractivity (Wildman–Crippen MR) is 78.0 cm³/mol. The van der Waals surface area contributed by atoms with Crippen molar-refractivity contribution in [2.45, 2.75) is 32.9 Å². The minimum Gasteiger partial charge on any atom is -0.275 e. The fraction of sp³-hybridized carbons (Fsp3) is 0.438. The molecular weight excluding hydrogens is 266 g/mol. The summed E-state index contributed by atoms with van der Waals surface area (Å²) < 4.78 is 1.89. The predicted octanol–water partition coefficient (Wildman–Crippen LogP) is 1.91. The molecule has 1 fully saturated rings. The third-order valence-corrected chi connectivity index (χ3v) is 4.09. The molecule has 0 N–H and O–H groups in total. The number of fused-ring (bicyclic) bond motifs is 1. The average Bonchev–Trinajstić information content (AvgIpc) is 3.04. The lowest BCUT2D eigenvalue weighted by molar-refractivity contribution is -0.140. The monoisotopic (exact) mass is 285 g/mol. The number of amides is 2. The second kappa shape index (κ2) is 5.68. The van der Waals surface area contributed by atoms with Crippen molar-refractivity contribution in [1.82, 2.24) is 14.7 Å². The molecule has 2 atom stereocenters. The minimum atomic E-state index is -0.325. The van der Waals surface area contributed by atoms with Crippen LogP contribution < -0.4 is 0 Å². The summed E-state index contributed by atoms with van der Waals surface area (Å²) in [5.74, 6) is -0.855. The largest absolute Gasteiger partial charge is 0.275 e. The van der Waals surface area contributed by atoms with Crippen LogP contribution in [0.5, 0.6) is 0 Å². The number of hydrogen-bond acceptors (Lipinski definition) is 3. The summed E-state index contributed by atoms with van der Waals surface area (Å²) in [5.41, 5.74) is 0.914. The van der Waals surface area contributed by atoms with Crippen molar-refractivity contribution in [2.24, 2.45) is 11.8 Å². The van der Waals surface area contributed by atoms with Gasteiger partial charge in [0, 0.05) is 12.7 Å². The highest BCUT2D eigenvalue weighted by molar-refractivity contribution is 6.07. The van der Waals surface area contributed by atoms with E-state index in [1.165, 1.54) is 4.90 Å². The summed E-state index contributed by atoms with van der Waals surface area (Å²) in [7, 11) is 0. The molecule has 110 valence electrons. The first-order valence-corrected chi connectivity index (χ1v) is 7.43. The fourth-order valence-electron chi connectivity index (χ4n) is 2.87. The van der Waals surface area contributed by atoms with Crippen LogP contribution in [0.2, 0.25) is 0 Å². The Morgan fingerprint density at radius 3 is 2.43 bits per heavy atom. The first-order valence-electron chi connectivity index (χ1n) is 7.43. The number of aromatic nitrogens is 2. The summed E-state index contributed by atoms with van der Waals surface area (Å²) in [6.07, 6.45) is 11.2. The highest BCUT2D eigenvalue weighted by atomic mass is 16.2. The molecule has 0 radical (unpaired) electrons. The number of carbonyl (C=O) groups excluding carboxylic acids is 2. The molecule has 0 bridgehead atoms. The van der Waals surface area contributed by atoms with Crippen molar-refractivity contribution in [2.75, 3.05) is 0 Å². The Kier molecular flexibility index (Phi) is 3.73. The standard InChI is InChI=1S/C16H19N3O2/c1-2-3-10-19-12(8-9-17-19)11-18-15(20)13-6-4-5-7-14(13)16(18)21/h4-9,13-14H,2-3,10-11H2,1H3. The molecule has 2 unspecified atom stereocenters. The smallest absolute Gasteiger partial charge is 0.237 e. The first kappa shape index (κ1) is 13.8.